The van der Waals surface area contributed by atoms with Crippen LogP contribution in [0.5, 0.6) is 0 Å². The number of hydrogen-bond acceptors (Lipinski definition) is 4. The highest BCUT2D eigenvalue weighted by atomic mass is 16.6. The molecule has 1 fully saturated rings. The molecule has 7 nitrogen and oxygen atoms in total. The van der Waals surface area contributed by atoms with E-state index in [1.165, 1.54) is 0 Å². The summed E-state index contributed by atoms with van der Waals surface area (Å²) in [5, 5.41) is 3.16. The highest BCUT2D eigenvalue weighted by Crippen LogP contribution is 2.11. The summed E-state index contributed by atoms with van der Waals surface area (Å²) in [5.74, 6) is 0.437. The predicted octanol–water partition coefficient (Wildman–Crippen LogP) is 0.158. The Labute approximate surface area is 114 Å². The molecule has 1 aliphatic heterocycles. The van der Waals surface area contributed by atoms with Crippen molar-refractivity contribution in [1.82, 2.24) is 10.2 Å². The van der Waals surface area contributed by atoms with Gasteiger partial charge in [-0.1, -0.05) is 0 Å². The Balaban J connectivity index is 2.26. The minimum Gasteiger partial charge on any atom is -0.450 e. The molecule has 1 saturated heterocycles. The maximum Gasteiger partial charge on any atom is 0.409 e. The van der Waals surface area contributed by atoms with Gasteiger partial charge in [-0.2, -0.15) is 0 Å². The lowest BCUT2D eigenvalue weighted by Gasteiger charge is -2.31. The number of nitrogens with two attached hydrogens (primary N) is 1. The third-order valence-electron chi connectivity index (χ3n) is 2.95. The van der Waals surface area contributed by atoms with Crippen LogP contribution in [-0.2, 0) is 9.47 Å². The SMILES string of the molecule is CCOC(=O)N1CCC(NC(N)=NCCOC)CC1. The maximum absolute atomic E-state index is 11.5. The number of amides is 1. The molecule has 0 aromatic rings. The van der Waals surface area contributed by atoms with E-state index < -0.39 is 0 Å². The molecule has 0 unspecified atom stereocenters. The Bertz CT molecular complexity index is 301. The summed E-state index contributed by atoms with van der Waals surface area (Å²) >= 11 is 0. The molecule has 3 N–H and O–H groups in total. The van der Waals surface area contributed by atoms with Crippen molar-refractivity contribution in [3.8, 4) is 0 Å². The zero-order chi connectivity index (χ0) is 14.1. The van der Waals surface area contributed by atoms with Gasteiger partial charge in [-0.05, 0) is 19.8 Å². The third-order valence-corrected chi connectivity index (χ3v) is 2.95. The number of rotatable bonds is 5. The first-order valence-electron chi connectivity index (χ1n) is 6.64. The van der Waals surface area contributed by atoms with Gasteiger partial charge in [-0.15, -0.1) is 0 Å². The van der Waals surface area contributed by atoms with Crippen molar-refractivity contribution in [2.24, 2.45) is 10.7 Å². The van der Waals surface area contributed by atoms with Crippen LogP contribution in [0.2, 0.25) is 0 Å². The Morgan fingerprint density at radius 3 is 2.74 bits per heavy atom. The molecular weight excluding hydrogens is 248 g/mol. The van der Waals surface area contributed by atoms with E-state index in [1.807, 2.05) is 6.92 Å². The first-order valence-corrected chi connectivity index (χ1v) is 6.64. The molecule has 0 aromatic carbocycles. The van der Waals surface area contributed by atoms with E-state index in [-0.39, 0.29) is 12.1 Å². The number of guanidine groups is 1. The molecule has 19 heavy (non-hydrogen) atoms. The molecule has 0 spiro atoms. The number of carbonyl (C=O) groups excluding carboxylic acids is 1. The second-order valence-electron chi connectivity index (χ2n) is 4.36. The lowest BCUT2D eigenvalue weighted by molar-refractivity contribution is 0.0963. The largest absolute Gasteiger partial charge is 0.450 e. The van der Waals surface area contributed by atoms with Crippen LogP contribution in [0.25, 0.3) is 0 Å². The Morgan fingerprint density at radius 1 is 1.47 bits per heavy atom. The van der Waals surface area contributed by atoms with Gasteiger partial charge in [-0.3, -0.25) is 4.99 Å². The fourth-order valence-corrected chi connectivity index (χ4v) is 1.93. The topological polar surface area (TPSA) is 89.2 Å². The molecule has 1 heterocycles. The number of likely N-dealkylation sites (tertiary alicyclic amines) is 1. The van der Waals surface area contributed by atoms with E-state index >= 15 is 0 Å². The number of nitrogens with one attached hydrogen (secondary N) is 1. The smallest absolute Gasteiger partial charge is 0.409 e. The van der Waals surface area contributed by atoms with Crippen LogP contribution in [0.4, 0.5) is 4.79 Å². The van der Waals surface area contributed by atoms with Gasteiger partial charge < -0.3 is 25.4 Å². The molecular formula is C12H24N4O3. The highest BCUT2D eigenvalue weighted by molar-refractivity contribution is 5.78. The van der Waals surface area contributed by atoms with E-state index in [0.29, 0.717) is 38.8 Å². The molecule has 7 heteroatoms. The van der Waals surface area contributed by atoms with Gasteiger partial charge in [-0.25, -0.2) is 4.79 Å². The molecule has 0 radical (unpaired) electrons. The molecule has 0 aliphatic carbocycles. The minimum atomic E-state index is -0.234. The summed E-state index contributed by atoms with van der Waals surface area (Å²) in [5.41, 5.74) is 5.77. The maximum atomic E-state index is 11.5. The van der Waals surface area contributed by atoms with E-state index in [2.05, 4.69) is 10.3 Å². The number of nitrogens with zero attached hydrogens (tertiary/aromatic N) is 2. The van der Waals surface area contributed by atoms with E-state index in [4.69, 9.17) is 15.2 Å². The quantitative estimate of drug-likeness (QED) is 0.423. The fraction of sp³-hybridized carbons (Fsp3) is 0.833. The second-order valence-corrected chi connectivity index (χ2v) is 4.36. The monoisotopic (exact) mass is 272 g/mol. The van der Waals surface area contributed by atoms with Crippen LogP contribution in [-0.4, -0.2) is 63.0 Å². The fourth-order valence-electron chi connectivity index (χ4n) is 1.93. The number of carbonyl (C=O) groups is 1. The van der Waals surface area contributed by atoms with E-state index in [9.17, 15) is 4.79 Å². The summed E-state index contributed by atoms with van der Waals surface area (Å²) < 4.78 is 9.86. The number of hydrogen-bond donors (Lipinski definition) is 2. The molecule has 1 aliphatic rings. The van der Waals surface area contributed by atoms with Crippen LogP contribution in [0.1, 0.15) is 19.8 Å². The van der Waals surface area contributed by atoms with Gasteiger partial charge in [0.1, 0.15) is 0 Å². The Hall–Kier alpha value is -1.50. The second kappa shape index (κ2) is 8.58. The van der Waals surface area contributed by atoms with Crippen LogP contribution in [0.15, 0.2) is 4.99 Å². The first-order chi connectivity index (χ1) is 9.17. The summed E-state index contributed by atoms with van der Waals surface area (Å²) in [6.45, 7) is 4.70. The zero-order valence-corrected chi connectivity index (χ0v) is 11.7. The number of piperidine rings is 1. The number of methoxy groups -OCH3 is 1. The summed E-state index contributed by atoms with van der Waals surface area (Å²) in [7, 11) is 1.63. The molecule has 1 rings (SSSR count). The van der Waals surface area contributed by atoms with Crippen molar-refractivity contribution in [3.05, 3.63) is 0 Å². The van der Waals surface area contributed by atoms with Crippen molar-refractivity contribution in [2.45, 2.75) is 25.8 Å². The minimum absolute atomic E-state index is 0.234. The van der Waals surface area contributed by atoms with Gasteiger partial charge in [0.15, 0.2) is 5.96 Å². The normalized spacial score (nSPS) is 17.4. The Kier molecular flexibility index (Phi) is 7.02. The van der Waals surface area contributed by atoms with Gasteiger partial charge >= 0.3 is 6.09 Å². The molecule has 1 amide bonds. The Morgan fingerprint density at radius 2 is 2.16 bits per heavy atom. The summed E-state index contributed by atoms with van der Waals surface area (Å²) in [4.78, 5) is 17.4. The van der Waals surface area contributed by atoms with Crippen LogP contribution in [0.3, 0.4) is 0 Å². The van der Waals surface area contributed by atoms with Gasteiger partial charge in [0.2, 0.25) is 0 Å². The van der Waals surface area contributed by atoms with E-state index in [0.717, 1.165) is 12.8 Å². The zero-order valence-electron chi connectivity index (χ0n) is 11.7. The number of ether oxygens (including phenoxy) is 2. The summed E-state index contributed by atoms with van der Waals surface area (Å²) in [6, 6.07) is 0.261. The molecule has 0 saturated carbocycles. The van der Waals surface area contributed by atoms with Gasteiger partial charge in [0.05, 0.1) is 19.8 Å². The molecule has 0 bridgehead atoms. The molecule has 0 atom stereocenters. The van der Waals surface area contributed by atoms with Crippen LogP contribution in [0, 0.1) is 0 Å². The molecule has 110 valence electrons. The first kappa shape index (κ1) is 15.6. The van der Waals surface area contributed by atoms with Gasteiger partial charge in [0.25, 0.3) is 0 Å². The van der Waals surface area contributed by atoms with Crippen molar-refractivity contribution in [3.63, 3.8) is 0 Å². The average Bonchev–Trinajstić information content (AvgIpc) is 2.40. The lowest BCUT2D eigenvalue weighted by atomic mass is 10.1. The average molecular weight is 272 g/mol. The predicted molar refractivity (Wildman–Crippen MR) is 73.1 cm³/mol. The summed E-state index contributed by atoms with van der Waals surface area (Å²) in [6.07, 6.45) is 1.46. The third kappa shape index (κ3) is 5.78. The lowest BCUT2D eigenvalue weighted by Crippen LogP contribution is -2.48. The van der Waals surface area contributed by atoms with Crippen LogP contribution < -0.4 is 11.1 Å². The number of aliphatic imine (C=N–C) groups is 1. The highest BCUT2D eigenvalue weighted by Gasteiger charge is 2.23. The van der Waals surface area contributed by atoms with E-state index in [1.54, 1.807) is 12.0 Å². The van der Waals surface area contributed by atoms with Crippen molar-refractivity contribution in [2.75, 3.05) is 40.0 Å². The standard InChI is InChI=1S/C12H24N4O3/c1-3-19-12(17)16-7-4-10(5-8-16)15-11(13)14-6-9-18-2/h10H,3-9H2,1-2H3,(H3,13,14,15). The van der Waals surface area contributed by atoms with Crippen LogP contribution >= 0.6 is 0 Å². The van der Waals surface area contributed by atoms with Crippen molar-refractivity contribution >= 4 is 12.1 Å². The van der Waals surface area contributed by atoms with Crippen molar-refractivity contribution < 1.29 is 14.3 Å². The van der Waals surface area contributed by atoms with Crippen molar-refractivity contribution in [1.29, 1.82) is 0 Å². The van der Waals surface area contributed by atoms with Gasteiger partial charge in [0, 0.05) is 26.2 Å². The molecule has 0 aromatic heterocycles.